The molecule has 0 bridgehead atoms. The molecule has 0 aliphatic rings. The maximum absolute atomic E-state index is 12.0. The van der Waals surface area contributed by atoms with Crippen LogP contribution in [0.15, 0.2) is 40.5 Å². The van der Waals surface area contributed by atoms with Crippen molar-refractivity contribution in [1.82, 2.24) is 20.4 Å². The Labute approximate surface area is 124 Å². The summed E-state index contributed by atoms with van der Waals surface area (Å²) in [7, 11) is 0. The monoisotopic (exact) mass is 300 g/mol. The number of carbonyl (C=O) groups is 1. The lowest BCUT2D eigenvalue weighted by atomic mass is 10.2. The number of carbonyl (C=O) groups excluding carboxylic acids is 1. The molecule has 0 unspecified atom stereocenters. The van der Waals surface area contributed by atoms with Crippen LogP contribution in [0.3, 0.4) is 0 Å². The molecular weight excluding hydrogens is 288 g/mol. The molecule has 0 spiro atoms. The Balaban J connectivity index is 1.66. The number of nitrogens with zero attached hydrogens (tertiary/aromatic N) is 3. The third-order valence-corrected chi connectivity index (χ3v) is 3.89. The molecule has 3 heterocycles. The molecule has 1 amide bonds. The van der Waals surface area contributed by atoms with E-state index in [4.69, 9.17) is 4.52 Å². The van der Waals surface area contributed by atoms with E-state index in [2.05, 4.69) is 20.4 Å². The Morgan fingerprint density at radius 3 is 2.86 bits per heavy atom. The summed E-state index contributed by atoms with van der Waals surface area (Å²) >= 11 is 1.41. The van der Waals surface area contributed by atoms with Gasteiger partial charge < -0.3 is 9.84 Å². The smallest absolute Gasteiger partial charge is 0.262 e. The third-order valence-electron chi connectivity index (χ3n) is 2.88. The molecule has 7 heteroatoms. The van der Waals surface area contributed by atoms with E-state index in [-0.39, 0.29) is 12.5 Å². The van der Waals surface area contributed by atoms with Gasteiger partial charge >= 0.3 is 0 Å². The highest BCUT2D eigenvalue weighted by Crippen LogP contribution is 2.16. The highest BCUT2D eigenvalue weighted by Gasteiger charge is 2.13. The van der Waals surface area contributed by atoms with Crippen LogP contribution in [0.1, 0.15) is 21.1 Å². The second-order valence-corrected chi connectivity index (χ2v) is 5.28. The molecule has 0 saturated carbocycles. The molecule has 106 valence electrons. The molecule has 3 aromatic rings. The van der Waals surface area contributed by atoms with Crippen LogP contribution in [0, 0.1) is 6.92 Å². The van der Waals surface area contributed by atoms with Crippen molar-refractivity contribution in [3.63, 3.8) is 0 Å². The van der Waals surface area contributed by atoms with Gasteiger partial charge in [0.2, 0.25) is 11.7 Å². The fraction of sp³-hybridized carbons (Fsp3) is 0.143. The van der Waals surface area contributed by atoms with Gasteiger partial charge in [0.1, 0.15) is 0 Å². The molecule has 6 nitrogen and oxygen atoms in total. The zero-order valence-corrected chi connectivity index (χ0v) is 12.1. The first-order valence-corrected chi connectivity index (χ1v) is 7.17. The van der Waals surface area contributed by atoms with Crippen molar-refractivity contribution in [2.75, 3.05) is 0 Å². The van der Waals surface area contributed by atoms with Gasteiger partial charge in [-0.25, -0.2) is 0 Å². The number of aryl methyl sites for hydroxylation is 1. The molecular formula is C14H12N4O2S. The van der Waals surface area contributed by atoms with Gasteiger partial charge in [-0.15, -0.1) is 11.3 Å². The number of rotatable bonds is 4. The molecule has 0 saturated heterocycles. The van der Waals surface area contributed by atoms with Gasteiger partial charge in [0.05, 0.1) is 11.4 Å². The number of pyridine rings is 1. The van der Waals surface area contributed by atoms with Crippen molar-refractivity contribution in [3.8, 4) is 11.4 Å². The van der Waals surface area contributed by atoms with Crippen molar-refractivity contribution < 1.29 is 9.32 Å². The van der Waals surface area contributed by atoms with Gasteiger partial charge in [-0.2, -0.15) is 4.98 Å². The average Bonchev–Trinajstić information content (AvgIpc) is 3.15. The first-order valence-electron chi connectivity index (χ1n) is 6.29. The minimum absolute atomic E-state index is 0.133. The van der Waals surface area contributed by atoms with Gasteiger partial charge in [-0.3, -0.25) is 9.78 Å². The Morgan fingerprint density at radius 2 is 2.14 bits per heavy atom. The molecule has 0 aromatic carbocycles. The lowest BCUT2D eigenvalue weighted by Crippen LogP contribution is -2.22. The van der Waals surface area contributed by atoms with Crippen LogP contribution in [0.4, 0.5) is 0 Å². The number of thiophene rings is 1. The first kappa shape index (κ1) is 13.4. The van der Waals surface area contributed by atoms with Gasteiger partial charge in [-0.05, 0) is 36.1 Å². The van der Waals surface area contributed by atoms with E-state index < -0.39 is 0 Å². The summed E-state index contributed by atoms with van der Waals surface area (Å²) in [4.78, 5) is 20.8. The normalized spacial score (nSPS) is 10.5. The Hall–Kier alpha value is -2.54. The molecule has 0 aliphatic heterocycles. The van der Waals surface area contributed by atoms with Crippen molar-refractivity contribution in [1.29, 1.82) is 0 Å². The van der Waals surface area contributed by atoms with E-state index in [0.29, 0.717) is 16.6 Å². The second-order valence-electron chi connectivity index (χ2n) is 4.36. The Kier molecular flexibility index (Phi) is 3.74. The minimum atomic E-state index is -0.133. The number of nitrogens with one attached hydrogen (secondary N) is 1. The van der Waals surface area contributed by atoms with Gasteiger partial charge in [0.25, 0.3) is 5.91 Å². The molecule has 0 fully saturated rings. The molecule has 1 N–H and O–H groups in total. The topological polar surface area (TPSA) is 80.9 Å². The number of amides is 1. The molecule has 3 rings (SSSR count). The Bertz CT molecular complexity index is 751. The van der Waals surface area contributed by atoms with Crippen LogP contribution < -0.4 is 5.32 Å². The summed E-state index contributed by atoms with van der Waals surface area (Å²) in [5, 5.41) is 8.54. The number of hydrogen-bond acceptors (Lipinski definition) is 6. The van der Waals surface area contributed by atoms with Crippen LogP contribution in [0.5, 0.6) is 0 Å². The lowest BCUT2D eigenvalue weighted by Gasteiger charge is -2.00. The highest BCUT2D eigenvalue weighted by atomic mass is 32.1. The van der Waals surface area contributed by atoms with E-state index in [9.17, 15) is 4.79 Å². The molecule has 3 aromatic heterocycles. The maximum Gasteiger partial charge on any atom is 0.262 e. The summed E-state index contributed by atoms with van der Waals surface area (Å²) in [5.74, 6) is 0.712. The van der Waals surface area contributed by atoms with Crippen LogP contribution in [0.25, 0.3) is 11.4 Å². The van der Waals surface area contributed by atoms with Gasteiger partial charge in [-0.1, -0.05) is 5.16 Å². The first-order chi connectivity index (χ1) is 10.2. The van der Waals surface area contributed by atoms with Crippen molar-refractivity contribution >= 4 is 17.2 Å². The summed E-state index contributed by atoms with van der Waals surface area (Å²) in [6.45, 7) is 2.11. The predicted octanol–water partition coefficient (Wildman–Crippen LogP) is 2.43. The van der Waals surface area contributed by atoms with E-state index >= 15 is 0 Å². The molecule has 0 radical (unpaired) electrons. The standard InChI is InChI=1S/C14H12N4O2S/c1-9-4-7-21-12(9)14(19)16-8-11-17-13(18-20-11)10-2-5-15-6-3-10/h2-7H,8H2,1H3,(H,16,19). The van der Waals surface area contributed by atoms with Crippen molar-refractivity contribution in [2.24, 2.45) is 0 Å². The summed E-state index contributed by atoms with van der Waals surface area (Å²) < 4.78 is 5.12. The zero-order valence-electron chi connectivity index (χ0n) is 11.2. The third kappa shape index (κ3) is 2.97. The molecule has 21 heavy (non-hydrogen) atoms. The fourth-order valence-corrected chi connectivity index (χ4v) is 2.63. The summed E-state index contributed by atoms with van der Waals surface area (Å²) in [6, 6.07) is 5.50. The van der Waals surface area contributed by atoms with E-state index in [1.807, 2.05) is 18.4 Å². The molecule has 0 atom stereocenters. The lowest BCUT2D eigenvalue weighted by molar-refractivity contribution is 0.0950. The predicted molar refractivity (Wildman–Crippen MR) is 77.8 cm³/mol. The average molecular weight is 300 g/mol. The molecule has 0 aliphatic carbocycles. The van der Waals surface area contributed by atoms with Gasteiger partial charge in [0, 0.05) is 18.0 Å². The summed E-state index contributed by atoms with van der Waals surface area (Å²) in [6.07, 6.45) is 3.32. The van der Waals surface area contributed by atoms with E-state index in [1.54, 1.807) is 24.5 Å². The van der Waals surface area contributed by atoms with Crippen LogP contribution in [0.2, 0.25) is 0 Å². The van der Waals surface area contributed by atoms with Crippen LogP contribution in [-0.2, 0) is 6.54 Å². The fourth-order valence-electron chi connectivity index (χ4n) is 1.79. The minimum Gasteiger partial charge on any atom is -0.342 e. The second kappa shape index (κ2) is 5.84. The quantitative estimate of drug-likeness (QED) is 0.800. The van der Waals surface area contributed by atoms with Crippen molar-refractivity contribution in [3.05, 3.63) is 52.3 Å². The van der Waals surface area contributed by atoms with E-state index in [0.717, 1.165) is 11.1 Å². The zero-order chi connectivity index (χ0) is 14.7. The summed E-state index contributed by atoms with van der Waals surface area (Å²) in [5.41, 5.74) is 1.78. The number of aromatic nitrogens is 3. The van der Waals surface area contributed by atoms with Crippen molar-refractivity contribution in [2.45, 2.75) is 13.5 Å². The highest BCUT2D eigenvalue weighted by molar-refractivity contribution is 7.12. The SMILES string of the molecule is Cc1ccsc1C(=O)NCc1nc(-c2ccncc2)no1. The van der Waals surface area contributed by atoms with E-state index in [1.165, 1.54) is 11.3 Å². The Morgan fingerprint density at radius 1 is 1.33 bits per heavy atom. The maximum atomic E-state index is 12.0. The van der Waals surface area contributed by atoms with Gasteiger partial charge in [0.15, 0.2) is 0 Å². The van der Waals surface area contributed by atoms with Crippen LogP contribution >= 0.6 is 11.3 Å². The van der Waals surface area contributed by atoms with Crippen LogP contribution in [-0.4, -0.2) is 21.0 Å². The largest absolute Gasteiger partial charge is 0.342 e. The number of hydrogen-bond donors (Lipinski definition) is 1.